The van der Waals surface area contributed by atoms with E-state index in [0.29, 0.717) is 38.6 Å². The number of hydrogen-bond donors (Lipinski definition) is 2. The minimum atomic E-state index is -3.51. The highest BCUT2D eigenvalue weighted by molar-refractivity contribution is 7.89. The molecule has 0 bridgehead atoms. The maximum absolute atomic E-state index is 12.6. The molecule has 8 heteroatoms. The van der Waals surface area contributed by atoms with E-state index >= 15 is 0 Å². The normalized spacial score (nSPS) is 17.6. The van der Waals surface area contributed by atoms with Gasteiger partial charge in [0, 0.05) is 18.7 Å². The molecule has 2 aromatic rings. The summed E-state index contributed by atoms with van der Waals surface area (Å²) in [6.45, 7) is 4.31. The average molecular weight is 422 g/mol. The van der Waals surface area contributed by atoms with Gasteiger partial charge in [0.1, 0.15) is 31.0 Å². The van der Waals surface area contributed by atoms with Crippen LogP contribution in [0, 0.1) is 0 Å². The Balaban J connectivity index is 1.47. The van der Waals surface area contributed by atoms with E-state index in [1.807, 2.05) is 18.2 Å². The number of sulfonamides is 1. The second kappa shape index (κ2) is 10.2. The van der Waals surface area contributed by atoms with Gasteiger partial charge in [-0.05, 0) is 31.2 Å². The van der Waals surface area contributed by atoms with Crippen molar-refractivity contribution in [3.8, 4) is 5.75 Å². The SMILES string of the molecule is C[C@H]([NH2+]C[C@H](O)COc1ccc(S(=O)(=O)N2CCOCC2)cc1)c1ccccc1. The molecule has 2 aromatic carbocycles. The Bertz CT molecular complexity index is 852. The lowest BCUT2D eigenvalue weighted by Gasteiger charge is -2.26. The minimum Gasteiger partial charge on any atom is -0.491 e. The molecule has 0 radical (unpaired) electrons. The smallest absolute Gasteiger partial charge is 0.243 e. The molecule has 1 aliphatic heterocycles. The van der Waals surface area contributed by atoms with Crippen molar-refractivity contribution in [1.29, 1.82) is 0 Å². The van der Waals surface area contributed by atoms with Gasteiger partial charge in [-0.2, -0.15) is 4.31 Å². The Morgan fingerprint density at radius 1 is 1.10 bits per heavy atom. The van der Waals surface area contributed by atoms with Crippen molar-refractivity contribution in [3.63, 3.8) is 0 Å². The highest BCUT2D eigenvalue weighted by Gasteiger charge is 2.26. The highest BCUT2D eigenvalue weighted by atomic mass is 32.2. The molecule has 0 amide bonds. The molecule has 7 nitrogen and oxygen atoms in total. The lowest BCUT2D eigenvalue weighted by Crippen LogP contribution is -2.87. The predicted octanol–water partition coefficient (Wildman–Crippen LogP) is 0.772. The number of quaternary nitrogens is 1. The van der Waals surface area contributed by atoms with Crippen LogP contribution in [0.2, 0.25) is 0 Å². The van der Waals surface area contributed by atoms with Crippen molar-refractivity contribution in [2.75, 3.05) is 39.5 Å². The van der Waals surface area contributed by atoms with Crippen molar-refractivity contribution in [1.82, 2.24) is 4.31 Å². The van der Waals surface area contributed by atoms with Crippen LogP contribution >= 0.6 is 0 Å². The number of hydrogen-bond acceptors (Lipinski definition) is 5. The first-order valence-electron chi connectivity index (χ1n) is 9.84. The number of ether oxygens (including phenoxy) is 2. The second-order valence-corrected chi connectivity index (χ2v) is 9.06. The van der Waals surface area contributed by atoms with E-state index in [2.05, 4.69) is 24.4 Å². The van der Waals surface area contributed by atoms with Crippen molar-refractivity contribution in [2.24, 2.45) is 0 Å². The van der Waals surface area contributed by atoms with Gasteiger partial charge in [-0.1, -0.05) is 30.3 Å². The Morgan fingerprint density at radius 2 is 1.76 bits per heavy atom. The average Bonchev–Trinajstić information content (AvgIpc) is 2.77. The van der Waals surface area contributed by atoms with Crippen LogP contribution in [0.5, 0.6) is 5.75 Å². The summed E-state index contributed by atoms with van der Waals surface area (Å²) in [6, 6.07) is 16.7. The molecule has 158 valence electrons. The summed E-state index contributed by atoms with van der Waals surface area (Å²) >= 11 is 0. The summed E-state index contributed by atoms with van der Waals surface area (Å²) in [5, 5.41) is 12.3. The fourth-order valence-corrected chi connectivity index (χ4v) is 4.57. The van der Waals surface area contributed by atoms with Gasteiger partial charge in [-0.25, -0.2) is 8.42 Å². The number of benzene rings is 2. The van der Waals surface area contributed by atoms with Crippen LogP contribution in [-0.4, -0.2) is 63.4 Å². The molecule has 29 heavy (non-hydrogen) atoms. The number of rotatable bonds is 9. The zero-order chi connectivity index (χ0) is 20.7. The van der Waals surface area contributed by atoms with Gasteiger partial charge in [0.05, 0.1) is 18.1 Å². The largest absolute Gasteiger partial charge is 0.491 e. The Hall–Kier alpha value is -1.97. The van der Waals surface area contributed by atoms with Gasteiger partial charge in [-0.15, -0.1) is 0 Å². The molecule has 3 rings (SSSR count). The molecule has 0 unspecified atom stereocenters. The van der Waals surface area contributed by atoms with E-state index in [9.17, 15) is 13.5 Å². The van der Waals surface area contributed by atoms with E-state index in [4.69, 9.17) is 9.47 Å². The molecule has 0 aromatic heterocycles. The number of aliphatic hydroxyl groups is 1. The lowest BCUT2D eigenvalue weighted by atomic mass is 10.1. The second-order valence-electron chi connectivity index (χ2n) is 7.12. The Labute approximate surface area is 172 Å². The van der Waals surface area contributed by atoms with Crippen LogP contribution in [0.15, 0.2) is 59.5 Å². The van der Waals surface area contributed by atoms with E-state index < -0.39 is 16.1 Å². The molecular formula is C21H29N2O5S+. The summed E-state index contributed by atoms with van der Waals surface area (Å²) < 4.78 is 37.5. The summed E-state index contributed by atoms with van der Waals surface area (Å²) in [7, 11) is -3.51. The molecule has 2 atom stereocenters. The van der Waals surface area contributed by atoms with E-state index in [0.717, 1.165) is 0 Å². The molecule has 0 saturated carbocycles. The number of morpholine rings is 1. The van der Waals surface area contributed by atoms with Gasteiger partial charge in [0.2, 0.25) is 10.0 Å². The van der Waals surface area contributed by atoms with E-state index in [1.165, 1.54) is 22.0 Å². The van der Waals surface area contributed by atoms with Crippen molar-refractivity contribution in [3.05, 3.63) is 60.2 Å². The highest BCUT2D eigenvalue weighted by Crippen LogP contribution is 2.20. The van der Waals surface area contributed by atoms with Crippen molar-refractivity contribution < 1.29 is 28.3 Å². The summed E-state index contributed by atoms with van der Waals surface area (Å²) in [6.07, 6.45) is -0.627. The van der Waals surface area contributed by atoms with Gasteiger partial charge in [0.15, 0.2) is 0 Å². The van der Waals surface area contributed by atoms with Crippen LogP contribution in [0.25, 0.3) is 0 Å². The van der Waals surface area contributed by atoms with Gasteiger partial charge in [0.25, 0.3) is 0 Å². The van der Waals surface area contributed by atoms with Crippen molar-refractivity contribution >= 4 is 10.0 Å². The molecule has 1 saturated heterocycles. The first-order chi connectivity index (χ1) is 14.0. The van der Waals surface area contributed by atoms with Crippen LogP contribution < -0.4 is 10.1 Å². The third kappa shape index (κ3) is 6.01. The zero-order valence-corrected chi connectivity index (χ0v) is 17.4. The Morgan fingerprint density at radius 3 is 2.41 bits per heavy atom. The fraction of sp³-hybridized carbons (Fsp3) is 0.429. The molecule has 1 heterocycles. The zero-order valence-electron chi connectivity index (χ0n) is 16.6. The predicted molar refractivity (Wildman–Crippen MR) is 109 cm³/mol. The minimum absolute atomic E-state index is 0.146. The van der Waals surface area contributed by atoms with Gasteiger partial charge < -0.3 is 19.9 Å². The molecular weight excluding hydrogens is 392 g/mol. The standard InChI is InChI=1S/C21H28N2O5S/c1-17(18-5-3-2-4-6-18)22-15-19(24)16-28-20-7-9-21(10-8-20)29(25,26)23-11-13-27-14-12-23/h2-10,17,19,22,24H,11-16H2,1H3/p+1/t17-,19-/m0/s1. The van der Waals surface area contributed by atoms with E-state index in [-0.39, 0.29) is 17.5 Å². The summed E-state index contributed by atoms with van der Waals surface area (Å²) in [5.41, 5.74) is 1.21. The van der Waals surface area contributed by atoms with Crippen LogP contribution in [-0.2, 0) is 14.8 Å². The topological polar surface area (TPSA) is 92.7 Å². The third-order valence-electron chi connectivity index (χ3n) is 4.96. The molecule has 1 fully saturated rings. The number of nitrogens with two attached hydrogens (primary N) is 1. The van der Waals surface area contributed by atoms with E-state index in [1.54, 1.807) is 12.1 Å². The van der Waals surface area contributed by atoms with Crippen LogP contribution in [0.3, 0.4) is 0 Å². The quantitative estimate of drug-likeness (QED) is 0.624. The monoisotopic (exact) mass is 421 g/mol. The maximum Gasteiger partial charge on any atom is 0.243 e. The third-order valence-corrected chi connectivity index (χ3v) is 6.87. The molecule has 1 aliphatic rings. The first-order valence-corrected chi connectivity index (χ1v) is 11.3. The van der Waals surface area contributed by atoms with Crippen LogP contribution in [0.4, 0.5) is 0 Å². The molecule has 0 spiro atoms. The van der Waals surface area contributed by atoms with Gasteiger partial charge >= 0.3 is 0 Å². The number of aliphatic hydroxyl groups excluding tert-OH is 1. The number of nitrogens with zero attached hydrogens (tertiary/aromatic N) is 1. The summed E-state index contributed by atoms with van der Waals surface area (Å²) in [5.74, 6) is 0.529. The molecule has 3 N–H and O–H groups in total. The van der Waals surface area contributed by atoms with Gasteiger partial charge in [-0.3, -0.25) is 0 Å². The lowest BCUT2D eigenvalue weighted by molar-refractivity contribution is -0.698. The Kier molecular flexibility index (Phi) is 7.63. The maximum atomic E-state index is 12.6. The molecule has 0 aliphatic carbocycles. The summed E-state index contributed by atoms with van der Waals surface area (Å²) in [4.78, 5) is 0.234. The first kappa shape index (κ1) is 21.7. The van der Waals surface area contributed by atoms with Crippen molar-refractivity contribution in [2.45, 2.75) is 24.0 Å². The van der Waals surface area contributed by atoms with Crippen LogP contribution in [0.1, 0.15) is 18.5 Å². The fourth-order valence-electron chi connectivity index (χ4n) is 3.16.